The first-order chi connectivity index (χ1) is 15.5. The lowest BCUT2D eigenvalue weighted by atomic mass is 10.1. The number of hydrogen-bond donors (Lipinski definition) is 0. The number of ether oxygens (including phenoxy) is 2. The molecule has 0 spiro atoms. The number of halogens is 1. The molecule has 0 aliphatic heterocycles. The molecule has 0 aliphatic carbocycles. The van der Waals surface area contributed by atoms with Crippen molar-refractivity contribution in [3.8, 4) is 11.5 Å². The zero-order chi connectivity index (χ0) is 22.2. The van der Waals surface area contributed by atoms with Crippen molar-refractivity contribution in [2.45, 2.75) is 13.5 Å². The quantitative estimate of drug-likeness (QED) is 0.368. The molecule has 0 bridgehead atoms. The number of para-hydroxylation sites is 2. The van der Waals surface area contributed by atoms with E-state index in [0.717, 1.165) is 27.7 Å². The molecule has 2 aromatic heterocycles. The van der Waals surface area contributed by atoms with Gasteiger partial charge in [-0.2, -0.15) is 0 Å². The Labute approximate surface area is 193 Å². The van der Waals surface area contributed by atoms with E-state index >= 15 is 0 Å². The Hall–Kier alpha value is -3.35. The van der Waals surface area contributed by atoms with E-state index in [1.165, 1.54) is 11.3 Å². The van der Waals surface area contributed by atoms with E-state index in [-0.39, 0.29) is 5.56 Å². The van der Waals surface area contributed by atoms with Crippen molar-refractivity contribution < 1.29 is 9.47 Å². The zero-order valence-electron chi connectivity index (χ0n) is 17.5. The molecule has 0 N–H and O–H groups in total. The third-order valence-corrected chi connectivity index (χ3v) is 6.41. The summed E-state index contributed by atoms with van der Waals surface area (Å²) >= 11 is 7.88. The second-order valence-electron chi connectivity index (χ2n) is 7.45. The maximum atomic E-state index is 13.0. The first-order valence-electron chi connectivity index (χ1n) is 10.0. The highest BCUT2D eigenvalue weighted by atomic mass is 35.5. The molecule has 0 saturated heterocycles. The number of nitrogens with zero attached hydrogens (tertiary/aromatic N) is 2. The highest BCUT2D eigenvalue weighted by molar-refractivity contribution is 7.15. The lowest BCUT2D eigenvalue weighted by Crippen LogP contribution is -2.22. The molecule has 2 heterocycles. The fourth-order valence-electron chi connectivity index (χ4n) is 3.68. The van der Waals surface area contributed by atoms with E-state index < -0.39 is 0 Å². The molecule has 3 aromatic carbocycles. The van der Waals surface area contributed by atoms with Crippen LogP contribution in [0.15, 0.2) is 65.5 Å². The Morgan fingerprint density at radius 3 is 2.78 bits per heavy atom. The number of methoxy groups -OCH3 is 1. The minimum absolute atomic E-state index is 0.103. The van der Waals surface area contributed by atoms with Gasteiger partial charge in [0.05, 0.1) is 27.7 Å². The number of imidazole rings is 1. The summed E-state index contributed by atoms with van der Waals surface area (Å²) in [6.45, 7) is 2.41. The van der Waals surface area contributed by atoms with Crippen LogP contribution in [0.25, 0.3) is 22.1 Å². The van der Waals surface area contributed by atoms with Crippen LogP contribution < -0.4 is 19.6 Å². The lowest BCUT2D eigenvalue weighted by molar-refractivity contribution is 0.284. The Kier molecular flexibility index (Phi) is 5.33. The Balaban J connectivity index is 1.52. The summed E-state index contributed by atoms with van der Waals surface area (Å²) in [5.74, 6) is 0.984. The smallest absolute Gasteiger partial charge is 0.274 e. The summed E-state index contributed by atoms with van der Waals surface area (Å²) in [7, 11) is 1.57. The molecule has 160 valence electrons. The molecular formula is C25H19ClN2O3S. The summed E-state index contributed by atoms with van der Waals surface area (Å²) in [4.78, 5) is 18.2. The second-order valence-corrected chi connectivity index (χ2v) is 8.86. The van der Waals surface area contributed by atoms with E-state index in [1.54, 1.807) is 23.7 Å². The zero-order valence-corrected chi connectivity index (χ0v) is 19.0. The number of thiazole rings is 1. The first kappa shape index (κ1) is 20.5. The normalized spacial score (nSPS) is 12.0. The fourth-order valence-corrected chi connectivity index (χ4v) is 4.94. The minimum Gasteiger partial charge on any atom is -0.493 e. The predicted molar refractivity (Wildman–Crippen MR) is 129 cm³/mol. The van der Waals surface area contributed by atoms with Crippen molar-refractivity contribution in [1.82, 2.24) is 9.38 Å². The topological polar surface area (TPSA) is 52.8 Å². The number of hydrogen-bond acceptors (Lipinski definition) is 5. The van der Waals surface area contributed by atoms with Crippen molar-refractivity contribution in [1.29, 1.82) is 0 Å². The largest absolute Gasteiger partial charge is 0.493 e. The van der Waals surface area contributed by atoms with Gasteiger partial charge >= 0.3 is 0 Å². The summed E-state index contributed by atoms with van der Waals surface area (Å²) in [6.07, 6.45) is 1.80. The summed E-state index contributed by atoms with van der Waals surface area (Å²) in [6, 6.07) is 19.3. The number of aromatic nitrogens is 2. The van der Waals surface area contributed by atoms with Gasteiger partial charge in [0.15, 0.2) is 16.5 Å². The fraction of sp³-hybridized carbons (Fsp3) is 0.120. The first-order valence-corrected chi connectivity index (χ1v) is 11.2. The van der Waals surface area contributed by atoms with E-state index in [4.69, 9.17) is 21.1 Å². The van der Waals surface area contributed by atoms with Crippen LogP contribution in [-0.4, -0.2) is 16.5 Å². The van der Waals surface area contributed by atoms with Crippen LogP contribution in [0.3, 0.4) is 0 Å². The van der Waals surface area contributed by atoms with E-state index in [0.29, 0.717) is 32.6 Å². The van der Waals surface area contributed by atoms with Crippen LogP contribution in [0.4, 0.5) is 0 Å². The number of fused-ring (bicyclic) bond motifs is 3. The summed E-state index contributed by atoms with van der Waals surface area (Å²) < 4.78 is 13.7. The molecule has 7 heteroatoms. The van der Waals surface area contributed by atoms with Crippen LogP contribution >= 0.6 is 22.9 Å². The van der Waals surface area contributed by atoms with Gasteiger partial charge in [0, 0.05) is 0 Å². The van der Waals surface area contributed by atoms with E-state index in [1.807, 2.05) is 55.5 Å². The molecule has 0 amide bonds. The summed E-state index contributed by atoms with van der Waals surface area (Å²) in [5.41, 5.74) is 4.47. The van der Waals surface area contributed by atoms with Gasteiger partial charge in [-0.25, -0.2) is 9.38 Å². The Bertz CT molecular complexity index is 1570. The summed E-state index contributed by atoms with van der Waals surface area (Å²) in [5, 5.41) is 0.419. The molecule has 0 radical (unpaired) electrons. The third-order valence-electron chi connectivity index (χ3n) is 5.16. The van der Waals surface area contributed by atoms with Gasteiger partial charge < -0.3 is 9.47 Å². The van der Waals surface area contributed by atoms with Gasteiger partial charge in [-0.15, -0.1) is 0 Å². The number of rotatable bonds is 5. The monoisotopic (exact) mass is 462 g/mol. The molecule has 0 fully saturated rings. The van der Waals surface area contributed by atoms with Crippen molar-refractivity contribution in [3.63, 3.8) is 0 Å². The van der Waals surface area contributed by atoms with Gasteiger partial charge in [-0.05, 0) is 48.4 Å². The molecule has 5 nitrogen and oxygen atoms in total. The Morgan fingerprint density at radius 1 is 1.12 bits per heavy atom. The Morgan fingerprint density at radius 2 is 1.97 bits per heavy atom. The average Bonchev–Trinajstić information content (AvgIpc) is 3.29. The van der Waals surface area contributed by atoms with Crippen molar-refractivity contribution in [2.24, 2.45) is 0 Å². The SMILES string of the molecule is COc1cc(/C=c2\sc3nc4ccccc4n3c2=O)cc(Cl)c1OCc1cccc(C)c1. The third kappa shape index (κ3) is 3.72. The molecule has 0 unspecified atom stereocenters. The standard InChI is InChI=1S/C25H19ClN2O3S/c1-15-6-5-7-16(10-15)14-31-23-18(26)11-17(12-21(23)30-2)13-22-24(29)28-20-9-4-3-8-19(20)27-25(28)32-22/h3-13H,14H2,1-2H3/b22-13-. The van der Waals surface area contributed by atoms with Gasteiger partial charge in [-0.1, -0.05) is 64.9 Å². The van der Waals surface area contributed by atoms with E-state index in [2.05, 4.69) is 11.1 Å². The average molecular weight is 463 g/mol. The van der Waals surface area contributed by atoms with E-state index in [9.17, 15) is 4.79 Å². The lowest BCUT2D eigenvalue weighted by Gasteiger charge is -2.13. The van der Waals surface area contributed by atoms with Gasteiger partial charge in [0.2, 0.25) is 0 Å². The molecule has 0 aliphatic rings. The minimum atomic E-state index is -0.103. The number of benzene rings is 3. The number of aryl methyl sites for hydroxylation is 1. The predicted octanol–water partition coefficient (Wildman–Crippen LogP) is 5.01. The molecule has 32 heavy (non-hydrogen) atoms. The molecule has 5 rings (SSSR count). The van der Waals surface area contributed by atoms with Crippen LogP contribution in [0.5, 0.6) is 11.5 Å². The molecule has 0 saturated carbocycles. The van der Waals surface area contributed by atoms with Gasteiger partial charge in [-0.3, -0.25) is 4.79 Å². The van der Waals surface area contributed by atoms with Gasteiger partial charge in [0.25, 0.3) is 5.56 Å². The maximum Gasteiger partial charge on any atom is 0.274 e. The van der Waals surface area contributed by atoms with Crippen molar-refractivity contribution >= 4 is 45.0 Å². The van der Waals surface area contributed by atoms with Crippen LogP contribution in [0.1, 0.15) is 16.7 Å². The van der Waals surface area contributed by atoms with Crippen molar-refractivity contribution in [3.05, 3.63) is 97.3 Å². The van der Waals surface area contributed by atoms with Crippen LogP contribution in [-0.2, 0) is 6.61 Å². The second kappa shape index (κ2) is 8.30. The maximum absolute atomic E-state index is 13.0. The highest BCUT2D eigenvalue weighted by Gasteiger charge is 2.14. The molecular weight excluding hydrogens is 444 g/mol. The van der Waals surface area contributed by atoms with Crippen molar-refractivity contribution in [2.75, 3.05) is 7.11 Å². The highest BCUT2D eigenvalue weighted by Crippen LogP contribution is 2.37. The molecule has 5 aromatic rings. The van der Waals surface area contributed by atoms with Gasteiger partial charge in [0.1, 0.15) is 6.61 Å². The van der Waals surface area contributed by atoms with Crippen LogP contribution in [0.2, 0.25) is 5.02 Å². The molecule has 0 atom stereocenters. The van der Waals surface area contributed by atoms with Crippen LogP contribution in [0, 0.1) is 6.92 Å².